The summed E-state index contributed by atoms with van der Waals surface area (Å²) in [6.07, 6.45) is 6.61. The summed E-state index contributed by atoms with van der Waals surface area (Å²) in [6, 6.07) is 6.58. The summed E-state index contributed by atoms with van der Waals surface area (Å²) in [7, 11) is 0. The van der Waals surface area contributed by atoms with Gasteiger partial charge < -0.3 is 14.1 Å². The van der Waals surface area contributed by atoms with Crippen molar-refractivity contribution in [1.29, 1.82) is 0 Å². The Morgan fingerprint density at radius 2 is 2.07 bits per heavy atom. The summed E-state index contributed by atoms with van der Waals surface area (Å²) >= 11 is 1.25. The Bertz CT molecular complexity index is 844. The molecule has 4 rings (SSSR count). The number of aromatic nitrogens is 2. The predicted octanol–water partition coefficient (Wildman–Crippen LogP) is 4.62. The van der Waals surface area contributed by atoms with Gasteiger partial charge in [0.25, 0.3) is 11.1 Å². The van der Waals surface area contributed by atoms with E-state index in [4.69, 9.17) is 9.15 Å². The van der Waals surface area contributed by atoms with Crippen molar-refractivity contribution in [3.05, 3.63) is 36.0 Å². The average Bonchev–Trinajstić information content (AvgIpc) is 3.22. The molecule has 1 aromatic carbocycles. The maximum atomic E-state index is 13.7. The summed E-state index contributed by atoms with van der Waals surface area (Å²) < 4.78 is 24.9. The molecular weight excluding hydrogens is 393 g/mol. The van der Waals surface area contributed by atoms with Crippen LogP contribution >= 0.6 is 11.8 Å². The first-order chi connectivity index (χ1) is 14.1. The van der Waals surface area contributed by atoms with E-state index in [9.17, 15) is 9.18 Å². The number of carbonyl (C=O) groups is 1. The normalized spacial score (nSPS) is 22.8. The number of para-hydroxylation sites is 1. The lowest BCUT2D eigenvalue weighted by Crippen LogP contribution is -2.50. The number of hydrogen-bond donors (Lipinski definition) is 0. The van der Waals surface area contributed by atoms with Gasteiger partial charge in [-0.3, -0.25) is 4.79 Å². The number of fused-ring (bicyclic) bond motifs is 1. The molecule has 156 valence electrons. The molecule has 0 N–H and O–H groups in total. The molecule has 3 unspecified atom stereocenters. The van der Waals surface area contributed by atoms with Crippen molar-refractivity contribution in [3.8, 4) is 5.75 Å². The molecule has 1 aromatic heterocycles. The lowest BCUT2D eigenvalue weighted by molar-refractivity contribution is -0.134. The fourth-order valence-corrected chi connectivity index (χ4v) is 5.02. The summed E-state index contributed by atoms with van der Waals surface area (Å²) in [5, 5.41) is 8.32. The van der Waals surface area contributed by atoms with Gasteiger partial charge in [-0.15, -0.1) is 10.2 Å². The molecule has 1 saturated heterocycles. The van der Waals surface area contributed by atoms with Crippen LogP contribution in [0.15, 0.2) is 33.9 Å². The minimum atomic E-state index is -0.588. The highest BCUT2D eigenvalue weighted by Gasteiger charge is 2.35. The van der Waals surface area contributed by atoms with Gasteiger partial charge in [0.1, 0.15) is 0 Å². The molecule has 1 aliphatic heterocycles. The van der Waals surface area contributed by atoms with Crippen molar-refractivity contribution in [2.45, 2.75) is 62.8 Å². The van der Waals surface area contributed by atoms with E-state index in [1.165, 1.54) is 43.5 Å². The molecule has 1 amide bonds. The number of thioether (sulfide) groups is 1. The lowest BCUT2D eigenvalue weighted by atomic mass is 9.78. The van der Waals surface area contributed by atoms with Crippen LogP contribution in [0, 0.1) is 11.7 Å². The molecule has 3 atom stereocenters. The first-order valence-electron chi connectivity index (χ1n) is 10.3. The predicted molar refractivity (Wildman–Crippen MR) is 107 cm³/mol. The van der Waals surface area contributed by atoms with E-state index < -0.39 is 11.9 Å². The smallest absolute Gasteiger partial charge is 0.277 e. The van der Waals surface area contributed by atoms with Gasteiger partial charge >= 0.3 is 0 Å². The monoisotopic (exact) mass is 419 g/mol. The van der Waals surface area contributed by atoms with E-state index >= 15 is 0 Å². The van der Waals surface area contributed by atoms with E-state index in [-0.39, 0.29) is 23.3 Å². The van der Waals surface area contributed by atoms with Gasteiger partial charge in [-0.1, -0.05) is 36.7 Å². The van der Waals surface area contributed by atoms with E-state index in [0.717, 1.165) is 19.4 Å². The van der Waals surface area contributed by atoms with E-state index in [1.807, 2.05) is 0 Å². The first kappa shape index (κ1) is 20.2. The molecule has 0 bridgehead atoms. The Morgan fingerprint density at radius 1 is 1.28 bits per heavy atom. The second-order valence-electron chi connectivity index (χ2n) is 7.73. The third-order valence-electron chi connectivity index (χ3n) is 5.79. The van der Waals surface area contributed by atoms with Gasteiger partial charge in [0.05, 0.1) is 5.75 Å². The third-order valence-corrected chi connectivity index (χ3v) is 6.60. The number of rotatable bonds is 6. The third kappa shape index (κ3) is 4.74. The number of ether oxygens (including phenoxy) is 1. The minimum absolute atomic E-state index is 0.134. The zero-order valence-electron chi connectivity index (χ0n) is 16.6. The molecule has 6 nitrogen and oxygen atoms in total. The number of hydrogen-bond acceptors (Lipinski definition) is 6. The topological polar surface area (TPSA) is 68.5 Å². The van der Waals surface area contributed by atoms with Gasteiger partial charge in [0, 0.05) is 12.6 Å². The van der Waals surface area contributed by atoms with Crippen LogP contribution in [0.5, 0.6) is 5.75 Å². The zero-order valence-corrected chi connectivity index (χ0v) is 17.4. The fraction of sp³-hybridized carbons (Fsp3) is 0.571. The maximum absolute atomic E-state index is 13.7. The number of piperidine rings is 1. The van der Waals surface area contributed by atoms with Crippen molar-refractivity contribution in [2.24, 2.45) is 5.92 Å². The average molecular weight is 420 g/mol. The van der Waals surface area contributed by atoms with Gasteiger partial charge in [-0.05, 0) is 50.7 Å². The second kappa shape index (κ2) is 9.15. The Balaban J connectivity index is 1.32. The number of likely N-dealkylation sites (tertiary alicyclic amines) is 1. The summed E-state index contributed by atoms with van der Waals surface area (Å²) in [5.74, 6) is 1.04. The summed E-state index contributed by atoms with van der Waals surface area (Å²) in [4.78, 5) is 14.9. The largest absolute Gasteiger partial charge is 0.478 e. The molecule has 2 fully saturated rings. The highest BCUT2D eigenvalue weighted by atomic mass is 32.2. The molecular formula is C21H26FN3O3S. The lowest BCUT2D eigenvalue weighted by Gasteiger charge is -2.44. The molecule has 8 heteroatoms. The molecule has 0 spiro atoms. The van der Waals surface area contributed by atoms with Crippen molar-refractivity contribution < 1.29 is 18.3 Å². The molecule has 2 heterocycles. The summed E-state index contributed by atoms with van der Waals surface area (Å²) in [5.41, 5.74) is 0. The fourth-order valence-electron chi connectivity index (χ4n) is 4.36. The number of amides is 1. The van der Waals surface area contributed by atoms with Crippen LogP contribution in [0.1, 0.15) is 57.4 Å². The van der Waals surface area contributed by atoms with E-state index in [1.54, 1.807) is 25.1 Å². The molecule has 0 radical (unpaired) electrons. The number of benzene rings is 1. The van der Waals surface area contributed by atoms with E-state index in [0.29, 0.717) is 17.2 Å². The van der Waals surface area contributed by atoms with Crippen LogP contribution in [0.4, 0.5) is 4.39 Å². The first-order valence-corrected chi connectivity index (χ1v) is 11.3. The highest BCUT2D eigenvalue weighted by molar-refractivity contribution is 7.99. The van der Waals surface area contributed by atoms with Crippen molar-refractivity contribution in [2.75, 3.05) is 12.3 Å². The highest BCUT2D eigenvalue weighted by Crippen LogP contribution is 2.35. The number of carbonyl (C=O) groups excluding carboxylic acids is 1. The van der Waals surface area contributed by atoms with Crippen molar-refractivity contribution in [3.63, 3.8) is 0 Å². The van der Waals surface area contributed by atoms with Crippen LogP contribution in [0.3, 0.4) is 0 Å². The molecule has 29 heavy (non-hydrogen) atoms. The Labute approximate surface area is 174 Å². The van der Waals surface area contributed by atoms with Gasteiger partial charge in [0.15, 0.2) is 17.7 Å². The number of nitrogens with zero attached hydrogens (tertiary/aromatic N) is 3. The van der Waals surface area contributed by atoms with Crippen LogP contribution in [0.25, 0.3) is 0 Å². The molecule has 1 saturated carbocycles. The molecule has 2 aromatic rings. The van der Waals surface area contributed by atoms with Crippen molar-refractivity contribution in [1.82, 2.24) is 15.1 Å². The van der Waals surface area contributed by atoms with Crippen molar-refractivity contribution >= 4 is 17.7 Å². The van der Waals surface area contributed by atoms with Crippen LogP contribution in [0.2, 0.25) is 0 Å². The summed E-state index contributed by atoms with van der Waals surface area (Å²) in [6.45, 7) is 2.57. The SMILES string of the molecule is CC(Oc1ccccc1F)c1nnc(SCC(=O)N2CCCC3CCCCC32)o1. The van der Waals surface area contributed by atoms with Gasteiger partial charge in [-0.25, -0.2) is 4.39 Å². The zero-order chi connectivity index (χ0) is 20.2. The maximum Gasteiger partial charge on any atom is 0.277 e. The Morgan fingerprint density at radius 3 is 2.93 bits per heavy atom. The Hall–Kier alpha value is -2.09. The standard InChI is InChI=1S/C21H26FN3O3S/c1-14(27-18-11-5-3-9-16(18)22)20-23-24-21(28-20)29-13-19(26)25-12-6-8-15-7-2-4-10-17(15)25/h3,5,9,11,14-15,17H,2,4,6-8,10,12-13H2,1H3. The molecule has 1 aliphatic carbocycles. The second-order valence-corrected chi connectivity index (χ2v) is 8.65. The van der Waals surface area contributed by atoms with Gasteiger partial charge in [-0.2, -0.15) is 0 Å². The minimum Gasteiger partial charge on any atom is -0.478 e. The van der Waals surface area contributed by atoms with Gasteiger partial charge in [0.2, 0.25) is 5.91 Å². The van der Waals surface area contributed by atoms with E-state index in [2.05, 4.69) is 15.1 Å². The van der Waals surface area contributed by atoms with Crippen LogP contribution < -0.4 is 4.74 Å². The quantitative estimate of drug-likeness (QED) is 0.637. The Kier molecular flexibility index (Phi) is 6.37. The van der Waals surface area contributed by atoms with Crippen LogP contribution in [-0.4, -0.2) is 39.3 Å². The molecule has 2 aliphatic rings. The number of halogens is 1. The van der Waals surface area contributed by atoms with Crippen LogP contribution in [-0.2, 0) is 4.79 Å².